The molecule has 244 valence electrons. The molecule has 0 aromatic carbocycles. The number of carbonyl (C=O) groups excluding carboxylic acids is 2. The fraction of sp³-hybridized carbons (Fsp3) is 0.417. The number of azo groups is 1. The number of rotatable bonds is 6. The maximum atomic E-state index is 13.3. The van der Waals surface area contributed by atoms with Gasteiger partial charge in [-0.3, -0.25) is 9.79 Å². The molecule has 0 spiro atoms. The van der Waals surface area contributed by atoms with Gasteiger partial charge in [-0.1, -0.05) is 13.8 Å². The van der Waals surface area contributed by atoms with Crippen molar-refractivity contribution in [3.05, 3.63) is 79.8 Å². The molecule has 0 amide bonds. The molecule has 1 unspecified atom stereocenters. The summed E-state index contributed by atoms with van der Waals surface area (Å²) in [7, 11) is 2.69. The highest BCUT2D eigenvalue weighted by atomic mass is 16.5. The van der Waals surface area contributed by atoms with Gasteiger partial charge >= 0.3 is 11.9 Å². The maximum absolute atomic E-state index is 13.3. The Morgan fingerprint density at radius 2 is 1.79 bits per heavy atom. The van der Waals surface area contributed by atoms with Crippen molar-refractivity contribution in [3.63, 3.8) is 0 Å². The minimum absolute atomic E-state index is 0.0681. The number of hydrogen-bond acceptors (Lipinski definition) is 10. The second-order valence-electron chi connectivity index (χ2n) is 12.4. The number of hydrogen-bond donors (Lipinski definition) is 2. The third kappa shape index (κ3) is 5.47. The molecule has 8 bridgehead atoms. The molecule has 2 N–H and O–H groups in total. The van der Waals surface area contributed by atoms with E-state index >= 15 is 0 Å². The molecule has 5 aliphatic rings. The molecule has 1 aromatic rings. The molecule has 3 atom stereocenters. The number of aromatic amines is 1. The zero-order valence-electron chi connectivity index (χ0n) is 27.9. The van der Waals surface area contributed by atoms with Crippen molar-refractivity contribution in [1.82, 2.24) is 4.98 Å². The Hall–Kier alpha value is -4.93. The highest BCUT2D eigenvalue weighted by Crippen LogP contribution is 2.42. The van der Waals surface area contributed by atoms with Gasteiger partial charge in [-0.05, 0) is 80.5 Å². The molecule has 0 saturated heterocycles. The summed E-state index contributed by atoms with van der Waals surface area (Å²) >= 11 is 0. The number of H-pyrrole nitrogens is 1. The fourth-order valence-electron chi connectivity index (χ4n) is 7.14. The number of aliphatic hydroxyl groups excluding tert-OH is 1. The summed E-state index contributed by atoms with van der Waals surface area (Å²) in [5.74, 6) is -1.32. The highest BCUT2D eigenvalue weighted by molar-refractivity contribution is 6.39. The SMILES string of the molecule is CCC1=C(C)C2=Cc3[nH]c(c(C)c3C3CCN=N3)C=C3N=C(/C(=C\O)C4=NC(=CC1=N2)C(C)=C4C(=O)OC)[C@@H](CCC(=O)OC)[C@@H]3C. The van der Waals surface area contributed by atoms with E-state index < -0.39 is 5.97 Å². The first kappa shape index (κ1) is 32.0. The van der Waals surface area contributed by atoms with Gasteiger partial charge in [0.05, 0.1) is 72.7 Å². The lowest BCUT2D eigenvalue weighted by atomic mass is 9.82. The smallest absolute Gasteiger partial charge is 0.340 e. The van der Waals surface area contributed by atoms with Crippen molar-refractivity contribution in [2.24, 2.45) is 37.0 Å². The van der Waals surface area contributed by atoms with Gasteiger partial charge in [0.2, 0.25) is 0 Å². The molecule has 0 radical (unpaired) electrons. The molecule has 6 heterocycles. The predicted molar refractivity (Wildman–Crippen MR) is 181 cm³/mol. The molecule has 0 aliphatic carbocycles. The molecular formula is C36H40N6O5. The van der Waals surface area contributed by atoms with Crippen LogP contribution in [0.1, 0.15) is 81.9 Å². The first-order valence-corrected chi connectivity index (χ1v) is 16.0. The van der Waals surface area contributed by atoms with E-state index in [2.05, 4.69) is 49.0 Å². The first-order valence-electron chi connectivity index (χ1n) is 16.0. The quantitative estimate of drug-likeness (QED) is 0.254. The van der Waals surface area contributed by atoms with E-state index in [0.29, 0.717) is 35.5 Å². The standard InChI is InChI=1S/C36H40N6O5/c1-8-21-17(2)25-15-30-32(24-11-12-37-42-24)19(4)27(39-30)13-26-18(3)22(9-10-31(44)46-6)34(40-26)23(16-43)35-33(36(45)47-7)20(5)28(41-35)14-29(21)38-25/h13-16,18,22,24,39,43H,8-12H2,1-7H3/b23-16+,25-15?,26-13?,28-14?/t18-,22-,24?/m0/s1. The molecule has 1 aromatic heterocycles. The maximum Gasteiger partial charge on any atom is 0.340 e. The van der Waals surface area contributed by atoms with Gasteiger partial charge in [-0.25, -0.2) is 14.8 Å². The van der Waals surface area contributed by atoms with Crippen molar-refractivity contribution in [2.45, 2.75) is 66.3 Å². The molecule has 0 saturated carbocycles. The summed E-state index contributed by atoms with van der Waals surface area (Å²) in [6.07, 6.45) is 9.13. The van der Waals surface area contributed by atoms with Gasteiger partial charge in [0.1, 0.15) is 0 Å². The van der Waals surface area contributed by atoms with Crippen LogP contribution in [0.3, 0.4) is 0 Å². The van der Waals surface area contributed by atoms with E-state index in [0.717, 1.165) is 69.9 Å². The zero-order valence-corrected chi connectivity index (χ0v) is 27.9. The summed E-state index contributed by atoms with van der Waals surface area (Å²) in [5, 5.41) is 19.7. The van der Waals surface area contributed by atoms with Gasteiger partial charge in [0.15, 0.2) is 0 Å². The minimum Gasteiger partial charge on any atom is -0.515 e. The van der Waals surface area contributed by atoms with Gasteiger partial charge in [0.25, 0.3) is 0 Å². The number of nitrogens with zero attached hydrogens (tertiary/aromatic N) is 5. The lowest BCUT2D eigenvalue weighted by Gasteiger charge is -2.19. The van der Waals surface area contributed by atoms with Crippen molar-refractivity contribution in [2.75, 3.05) is 20.8 Å². The van der Waals surface area contributed by atoms with E-state index in [1.807, 2.05) is 19.1 Å². The molecule has 11 nitrogen and oxygen atoms in total. The van der Waals surface area contributed by atoms with Crippen LogP contribution in [0.4, 0.5) is 0 Å². The van der Waals surface area contributed by atoms with E-state index in [1.165, 1.54) is 14.2 Å². The summed E-state index contributed by atoms with van der Waals surface area (Å²) in [6.45, 7) is 10.8. The molecular weight excluding hydrogens is 596 g/mol. The number of methoxy groups -OCH3 is 2. The Morgan fingerprint density at radius 1 is 1.02 bits per heavy atom. The molecule has 6 rings (SSSR count). The minimum atomic E-state index is -0.572. The van der Waals surface area contributed by atoms with Crippen LogP contribution in [0.15, 0.2) is 82.5 Å². The van der Waals surface area contributed by atoms with E-state index in [9.17, 15) is 14.7 Å². The topological polar surface area (TPSA) is 150 Å². The summed E-state index contributed by atoms with van der Waals surface area (Å²) < 4.78 is 10.2. The van der Waals surface area contributed by atoms with E-state index in [1.54, 1.807) is 0 Å². The normalized spacial score (nSPS) is 24.3. The Bertz CT molecular complexity index is 1890. The van der Waals surface area contributed by atoms with Crippen molar-refractivity contribution in [3.8, 4) is 0 Å². The van der Waals surface area contributed by atoms with Crippen LogP contribution in [-0.2, 0) is 19.1 Å². The number of esters is 2. The Kier molecular flexibility index (Phi) is 8.65. The number of aliphatic imine (C=N–C) groups is 3. The van der Waals surface area contributed by atoms with Crippen LogP contribution in [0.5, 0.6) is 0 Å². The van der Waals surface area contributed by atoms with Crippen molar-refractivity contribution >= 4 is 41.2 Å². The third-order valence-electron chi connectivity index (χ3n) is 9.85. The van der Waals surface area contributed by atoms with Crippen LogP contribution in [-0.4, -0.2) is 59.9 Å². The fourth-order valence-corrected chi connectivity index (χ4v) is 7.14. The summed E-state index contributed by atoms with van der Waals surface area (Å²) in [5.41, 5.74) is 11.0. The second-order valence-corrected chi connectivity index (χ2v) is 12.4. The highest BCUT2D eigenvalue weighted by Gasteiger charge is 2.40. The number of aliphatic hydroxyl groups is 1. The van der Waals surface area contributed by atoms with Crippen molar-refractivity contribution in [1.29, 1.82) is 0 Å². The van der Waals surface area contributed by atoms with E-state index in [-0.39, 0.29) is 41.6 Å². The van der Waals surface area contributed by atoms with Gasteiger partial charge < -0.3 is 19.6 Å². The lowest BCUT2D eigenvalue weighted by molar-refractivity contribution is -0.141. The van der Waals surface area contributed by atoms with Gasteiger partial charge in [-0.2, -0.15) is 10.2 Å². The Labute approximate surface area is 274 Å². The number of nitrogens with one attached hydrogen (secondary N) is 1. The Balaban J connectivity index is 1.64. The number of allylic oxidation sites excluding steroid dienone is 6. The zero-order chi connectivity index (χ0) is 33.6. The second kappa shape index (κ2) is 12.7. The van der Waals surface area contributed by atoms with Crippen LogP contribution < -0.4 is 0 Å². The molecule has 47 heavy (non-hydrogen) atoms. The van der Waals surface area contributed by atoms with Crippen LogP contribution in [0, 0.1) is 18.8 Å². The van der Waals surface area contributed by atoms with Gasteiger partial charge in [-0.15, -0.1) is 0 Å². The summed E-state index contributed by atoms with van der Waals surface area (Å²) in [6, 6.07) is -0.0681. The van der Waals surface area contributed by atoms with Gasteiger partial charge in [0, 0.05) is 40.9 Å². The van der Waals surface area contributed by atoms with Crippen LogP contribution >= 0.6 is 0 Å². The average molecular weight is 637 g/mol. The molecule has 11 heteroatoms. The largest absolute Gasteiger partial charge is 0.515 e. The predicted octanol–water partition coefficient (Wildman–Crippen LogP) is 7.03. The number of carbonyl (C=O) groups is 2. The van der Waals surface area contributed by atoms with Crippen molar-refractivity contribution < 1.29 is 24.2 Å². The first-order chi connectivity index (χ1) is 22.6. The number of aromatic nitrogens is 1. The van der Waals surface area contributed by atoms with Crippen LogP contribution in [0.2, 0.25) is 0 Å². The summed E-state index contributed by atoms with van der Waals surface area (Å²) in [4.78, 5) is 44.3. The molecule has 5 aliphatic heterocycles. The van der Waals surface area contributed by atoms with Crippen LogP contribution in [0.25, 0.3) is 12.2 Å². The Morgan fingerprint density at radius 3 is 2.45 bits per heavy atom. The monoisotopic (exact) mass is 636 g/mol. The number of ether oxygens (including phenoxy) is 2. The third-order valence-corrected chi connectivity index (χ3v) is 9.85. The number of fused-ring (bicyclic) bond motifs is 5. The van der Waals surface area contributed by atoms with E-state index in [4.69, 9.17) is 24.5 Å². The molecule has 0 fully saturated rings. The lowest BCUT2D eigenvalue weighted by Crippen LogP contribution is -2.26. The average Bonchev–Trinajstić information content (AvgIpc) is 3.87.